The fraction of sp³-hybridized carbons (Fsp3) is 0.421. The molecule has 1 heterocycles. The molecule has 1 saturated carbocycles. The quantitative estimate of drug-likeness (QED) is 0.795. The first-order valence-electron chi connectivity index (χ1n) is 8.85. The van der Waals surface area contributed by atoms with Crippen molar-refractivity contribution in [3.8, 4) is 5.69 Å². The summed E-state index contributed by atoms with van der Waals surface area (Å²) in [4.78, 5) is 24.5. The Hall–Kier alpha value is -2.05. The van der Waals surface area contributed by atoms with Gasteiger partial charge in [-0.05, 0) is 44.9 Å². The molecular weight excluding hydrogens is 387 g/mol. The van der Waals surface area contributed by atoms with Crippen molar-refractivity contribution in [2.45, 2.75) is 51.5 Å². The predicted molar refractivity (Wildman–Crippen MR) is 105 cm³/mol. The van der Waals surface area contributed by atoms with Crippen molar-refractivity contribution < 1.29 is 9.59 Å². The molecule has 1 aliphatic carbocycles. The number of hydrogen-bond acceptors (Lipinski definition) is 3. The fourth-order valence-electron chi connectivity index (χ4n) is 3.68. The summed E-state index contributed by atoms with van der Waals surface area (Å²) in [6.07, 6.45) is 3.09. The number of carbonyl (C=O) groups excluding carboxylic acids is 2. The zero-order valence-corrected chi connectivity index (χ0v) is 16.8. The van der Waals surface area contributed by atoms with E-state index in [1.54, 1.807) is 16.8 Å². The minimum atomic E-state index is -0.918. The Morgan fingerprint density at radius 3 is 2.48 bits per heavy atom. The molecule has 8 heteroatoms. The van der Waals surface area contributed by atoms with Crippen LogP contribution in [-0.2, 0) is 16.0 Å². The minimum absolute atomic E-state index is 0.133. The number of nitrogens with zero attached hydrogens (tertiary/aromatic N) is 2. The first-order valence-corrected chi connectivity index (χ1v) is 9.60. The van der Waals surface area contributed by atoms with Gasteiger partial charge in [-0.15, -0.1) is 0 Å². The van der Waals surface area contributed by atoms with Crippen LogP contribution in [0.15, 0.2) is 18.2 Å². The Morgan fingerprint density at radius 2 is 1.89 bits per heavy atom. The number of hydrogen-bond donors (Lipinski definition) is 2. The van der Waals surface area contributed by atoms with Crippen molar-refractivity contribution in [3.05, 3.63) is 45.2 Å². The molecule has 0 spiro atoms. The summed E-state index contributed by atoms with van der Waals surface area (Å²) < 4.78 is 1.74. The summed E-state index contributed by atoms with van der Waals surface area (Å²) in [5, 5.41) is 8.31. The van der Waals surface area contributed by atoms with E-state index in [4.69, 9.17) is 28.9 Å². The Kier molecular flexibility index (Phi) is 5.49. The van der Waals surface area contributed by atoms with Gasteiger partial charge >= 0.3 is 0 Å². The maximum Gasteiger partial charge on any atom is 0.243 e. The third-order valence-corrected chi connectivity index (χ3v) is 5.97. The normalized spacial score (nSPS) is 15.7. The average molecular weight is 409 g/mol. The van der Waals surface area contributed by atoms with E-state index in [-0.39, 0.29) is 12.3 Å². The second-order valence-electron chi connectivity index (χ2n) is 7.04. The lowest BCUT2D eigenvalue weighted by atomic mass is 9.96. The number of halogens is 2. The molecular formula is C19H22Cl2N4O2. The standard InChI is InChI=1S/C19H22Cl2N4O2/c1-11-14(10-17(26)23-19(18(22)27)7-3-4-8-19)12(2)25(24-11)13-5-6-15(20)16(21)9-13/h5-6,9H,3-4,7-8,10H2,1-2H3,(H2,22,27)(H,23,26). The van der Waals surface area contributed by atoms with Crippen LogP contribution in [0.4, 0.5) is 0 Å². The summed E-state index contributed by atoms with van der Waals surface area (Å²) in [7, 11) is 0. The van der Waals surface area contributed by atoms with Gasteiger partial charge in [-0.3, -0.25) is 9.59 Å². The first-order chi connectivity index (χ1) is 12.7. The number of aromatic nitrogens is 2. The SMILES string of the molecule is Cc1nn(-c2ccc(Cl)c(Cl)c2)c(C)c1CC(=O)NC1(C(N)=O)CCCC1. The van der Waals surface area contributed by atoms with Gasteiger partial charge in [0, 0.05) is 11.3 Å². The van der Waals surface area contributed by atoms with Crippen LogP contribution in [0.3, 0.4) is 0 Å². The molecule has 1 aromatic heterocycles. The molecule has 0 aliphatic heterocycles. The smallest absolute Gasteiger partial charge is 0.243 e. The number of nitrogens with two attached hydrogens (primary N) is 1. The summed E-state index contributed by atoms with van der Waals surface area (Å²) in [5.74, 6) is -0.691. The highest BCUT2D eigenvalue weighted by atomic mass is 35.5. The highest BCUT2D eigenvalue weighted by molar-refractivity contribution is 6.42. The maximum absolute atomic E-state index is 12.6. The van der Waals surface area contributed by atoms with Crippen LogP contribution < -0.4 is 11.1 Å². The number of carbonyl (C=O) groups is 2. The second-order valence-corrected chi connectivity index (χ2v) is 7.85. The van der Waals surface area contributed by atoms with Gasteiger partial charge in [-0.25, -0.2) is 4.68 Å². The highest BCUT2D eigenvalue weighted by Crippen LogP contribution is 2.30. The summed E-state index contributed by atoms with van der Waals surface area (Å²) >= 11 is 12.1. The van der Waals surface area contributed by atoms with Crippen molar-refractivity contribution in [1.29, 1.82) is 0 Å². The van der Waals surface area contributed by atoms with E-state index in [1.165, 1.54) is 0 Å². The van der Waals surface area contributed by atoms with E-state index < -0.39 is 11.4 Å². The van der Waals surface area contributed by atoms with Crippen molar-refractivity contribution in [1.82, 2.24) is 15.1 Å². The van der Waals surface area contributed by atoms with Crippen LogP contribution >= 0.6 is 23.2 Å². The van der Waals surface area contributed by atoms with Gasteiger partial charge in [0.2, 0.25) is 11.8 Å². The van der Waals surface area contributed by atoms with Gasteiger partial charge in [0.1, 0.15) is 5.54 Å². The predicted octanol–water partition coefficient (Wildman–Crippen LogP) is 3.25. The molecule has 0 atom stereocenters. The fourth-order valence-corrected chi connectivity index (χ4v) is 3.97. The van der Waals surface area contributed by atoms with Crippen LogP contribution in [0.5, 0.6) is 0 Å². The van der Waals surface area contributed by atoms with E-state index >= 15 is 0 Å². The second kappa shape index (κ2) is 7.52. The third kappa shape index (κ3) is 3.82. The Labute approximate surface area is 168 Å². The molecule has 6 nitrogen and oxygen atoms in total. The van der Waals surface area contributed by atoms with Crippen molar-refractivity contribution in [3.63, 3.8) is 0 Å². The molecule has 0 unspecified atom stereocenters. The van der Waals surface area contributed by atoms with Crippen LogP contribution in [0, 0.1) is 13.8 Å². The number of aryl methyl sites for hydroxylation is 1. The number of primary amides is 1. The Bertz CT molecular complexity index is 901. The van der Waals surface area contributed by atoms with E-state index in [9.17, 15) is 9.59 Å². The van der Waals surface area contributed by atoms with Gasteiger partial charge in [0.05, 0.1) is 27.8 Å². The summed E-state index contributed by atoms with van der Waals surface area (Å²) in [6.45, 7) is 3.74. The molecule has 0 bridgehead atoms. The first kappa shape index (κ1) is 19.7. The van der Waals surface area contributed by atoms with Crippen LogP contribution in [0.25, 0.3) is 5.69 Å². The summed E-state index contributed by atoms with van der Waals surface area (Å²) in [5.41, 5.74) is 7.79. The van der Waals surface area contributed by atoms with E-state index in [1.807, 2.05) is 19.9 Å². The van der Waals surface area contributed by atoms with Crippen molar-refractivity contribution >= 4 is 35.0 Å². The molecule has 0 radical (unpaired) electrons. The van der Waals surface area contributed by atoms with Crippen LogP contribution in [-0.4, -0.2) is 27.1 Å². The van der Waals surface area contributed by atoms with Crippen LogP contribution in [0.1, 0.15) is 42.6 Å². The van der Waals surface area contributed by atoms with Gasteiger partial charge in [-0.1, -0.05) is 36.0 Å². The van der Waals surface area contributed by atoms with Gasteiger partial charge in [-0.2, -0.15) is 5.10 Å². The lowest BCUT2D eigenvalue weighted by molar-refractivity contribution is -0.131. The molecule has 1 aromatic carbocycles. The lowest BCUT2D eigenvalue weighted by Crippen LogP contribution is -2.56. The third-order valence-electron chi connectivity index (χ3n) is 5.23. The van der Waals surface area contributed by atoms with Crippen LogP contribution in [0.2, 0.25) is 10.0 Å². The topological polar surface area (TPSA) is 90.0 Å². The van der Waals surface area contributed by atoms with Crippen molar-refractivity contribution in [2.24, 2.45) is 5.73 Å². The number of benzene rings is 1. The van der Waals surface area contributed by atoms with E-state index in [0.29, 0.717) is 22.9 Å². The van der Waals surface area contributed by atoms with Gasteiger partial charge in [0.15, 0.2) is 0 Å². The monoisotopic (exact) mass is 408 g/mol. The molecule has 1 aliphatic rings. The molecule has 27 heavy (non-hydrogen) atoms. The summed E-state index contributed by atoms with van der Waals surface area (Å²) in [6, 6.07) is 5.25. The van der Waals surface area contributed by atoms with E-state index in [0.717, 1.165) is 35.5 Å². The molecule has 2 aromatic rings. The largest absolute Gasteiger partial charge is 0.368 e. The Morgan fingerprint density at radius 1 is 1.22 bits per heavy atom. The molecule has 3 N–H and O–H groups in total. The number of nitrogens with one attached hydrogen (secondary N) is 1. The molecule has 3 rings (SSSR count). The van der Waals surface area contributed by atoms with E-state index in [2.05, 4.69) is 10.4 Å². The molecule has 144 valence electrons. The zero-order chi connectivity index (χ0) is 19.8. The molecule has 2 amide bonds. The van der Waals surface area contributed by atoms with Gasteiger partial charge in [0.25, 0.3) is 0 Å². The molecule has 1 fully saturated rings. The van der Waals surface area contributed by atoms with Crippen molar-refractivity contribution in [2.75, 3.05) is 0 Å². The number of rotatable bonds is 5. The number of amides is 2. The lowest BCUT2D eigenvalue weighted by Gasteiger charge is -2.26. The van der Waals surface area contributed by atoms with Gasteiger partial charge < -0.3 is 11.1 Å². The average Bonchev–Trinajstić information content (AvgIpc) is 3.18. The Balaban J connectivity index is 1.83. The highest BCUT2D eigenvalue weighted by Gasteiger charge is 2.40. The zero-order valence-electron chi connectivity index (χ0n) is 15.3. The minimum Gasteiger partial charge on any atom is -0.368 e. The molecule has 0 saturated heterocycles. The maximum atomic E-state index is 12.6.